The molecule has 0 radical (unpaired) electrons. The maximum Gasteiger partial charge on any atom is 0.169 e. The zero-order valence-corrected chi connectivity index (χ0v) is 20.3. The first kappa shape index (κ1) is 23.4. The Hall–Kier alpha value is -4.36. The van der Waals surface area contributed by atoms with Crippen molar-refractivity contribution in [1.29, 1.82) is 0 Å². The fraction of sp³-hybridized carbons (Fsp3) is 0.172. The molecule has 0 fully saturated rings. The molecule has 0 bridgehead atoms. The molecule has 0 amide bonds. The van der Waals surface area contributed by atoms with E-state index in [2.05, 4.69) is 21.4 Å². The number of rotatable bonds is 7. The minimum absolute atomic E-state index is 0.332. The van der Waals surface area contributed by atoms with Crippen LogP contribution in [-0.4, -0.2) is 31.6 Å². The van der Waals surface area contributed by atoms with Gasteiger partial charge in [0.25, 0.3) is 0 Å². The normalized spacial score (nSPS) is 11.5. The Kier molecular flexibility index (Phi) is 6.31. The second-order valence-electron chi connectivity index (χ2n) is 9.18. The summed E-state index contributed by atoms with van der Waals surface area (Å²) in [6.07, 6.45) is 2.43. The van der Waals surface area contributed by atoms with E-state index in [0.717, 1.165) is 39.1 Å². The van der Waals surface area contributed by atoms with Crippen LogP contribution in [0.3, 0.4) is 0 Å². The predicted octanol–water partition coefficient (Wildman–Crippen LogP) is 5.22. The summed E-state index contributed by atoms with van der Waals surface area (Å²) in [6, 6.07) is 25.6. The summed E-state index contributed by atoms with van der Waals surface area (Å²) < 4.78 is 0. The summed E-state index contributed by atoms with van der Waals surface area (Å²) >= 11 is 0. The summed E-state index contributed by atoms with van der Waals surface area (Å²) in [5, 5.41) is 14.6. The van der Waals surface area contributed by atoms with Crippen LogP contribution in [0.5, 0.6) is 0 Å². The highest BCUT2D eigenvalue weighted by molar-refractivity contribution is 5.88. The lowest BCUT2D eigenvalue weighted by molar-refractivity contribution is 0.0736. The van der Waals surface area contributed by atoms with Gasteiger partial charge in [0.15, 0.2) is 11.6 Å². The molecule has 0 saturated carbocycles. The van der Waals surface area contributed by atoms with Crippen molar-refractivity contribution in [3.63, 3.8) is 0 Å². The first-order valence-corrected chi connectivity index (χ1v) is 11.9. The third kappa shape index (κ3) is 5.01. The van der Waals surface area contributed by atoms with Gasteiger partial charge in [-0.15, -0.1) is 0 Å². The molecule has 0 aliphatic rings. The van der Waals surface area contributed by atoms with Gasteiger partial charge < -0.3 is 16.2 Å². The number of anilines is 2. The Morgan fingerprint density at radius 2 is 1.64 bits per heavy atom. The van der Waals surface area contributed by atoms with Gasteiger partial charge in [0.1, 0.15) is 5.60 Å². The summed E-state index contributed by atoms with van der Waals surface area (Å²) in [5.74, 6) is 0.855. The average Bonchev–Trinajstić information content (AvgIpc) is 2.89. The van der Waals surface area contributed by atoms with Crippen molar-refractivity contribution < 1.29 is 5.11 Å². The van der Waals surface area contributed by atoms with Gasteiger partial charge in [-0.2, -0.15) is 0 Å². The van der Waals surface area contributed by atoms with Gasteiger partial charge in [0, 0.05) is 41.4 Å². The number of aliphatic hydroxyl groups is 1. The first-order chi connectivity index (χ1) is 17.4. The van der Waals surface area contributed by atoms with Crippen LogP contribution in [0.4, 0.5) is 11.6 Å². The molecule has 0 unspecified atom stereocenters. The molecule has 5 aromatic rings. The fourth-order valence-corrected chi connectivity index (χ4v) is 4.07. The minimum Gasteiger partial charge on any atom is -0.384 e. The highest BCUT2D eigenvalue weighted by atomic mass is 16.3. The molecular weight excluding hydrogens is 448 g/mol. The van der Waals surface area contributed by atoms with Crippen LogP contribution in [0.15, 0.2) is 85.1 Å². The molecular formula is C29H28N6O. The third-order valence-corrected chi connectivity index (χ3v) is 5.95. The second-order valence-corrected chi connectivity index (χ2v) is 9.18. The Balaban J connectivity index is 1.48. The van der Waals surface area contributed by atoms with E-state index in [1.807, 2.05) is 72.8 Å². The van der Waals surface area contributed by atoms with Gasteiger partial charge in [0.05, 0.1) is 22.6 Å². The van der Waals surface area contributed by atoms with Crippen molar-refractivity contribution in [2.75, 3.05) is 17.6 Å². The highest BCUT2D eigenvalue weighted by Gasteiger charge is 2.18. The standard InChI is InChI=1S/C29H28N6O/c1-29(2,36)24-12-6-11-22(33-24)15-17-32-28-27(30)34-25(19-8-4-3-5-9-19)26(35-28)21-13-14-23-20(18-21)10-7-16-31-23/h3-14,16,18,36H,15,17H2,1-2H3,(H2,30,34)(H,32,35). The predicted molar refractivity (Wildman–Crippen MR) is 144 cm³/mol. The molecule has 0 atom stereocenters. The SMILES string of the molecule is CC(C)(O)c1cccc(CCNc2nc(-c3ccc4ncccc4c3)c(-c3ccccc3)nc2N)n1. The number of hydrogen-bond acceptors (Lipinski definition) is 7. The number of nitrogens with zero attached hydrogens (tertiary/aromatic N) is 4. The van der Waals surface area contributed by atoms with E-state index in [1.165, 1.54) is 0 Å². The van der Waals surface area contributed by atoms with Crippen molar-refractivity contribution in [3.8, 4) is 22.5 Å². The van der Waals surface area contributed by atoms with E-state index < -0.39 is 5.60 Å². The molecule has 36 heavy (non-hydrogen) atoms. The van der Waals surface area contributed by atoms with Crippen molar-refractivity contribution in [3.05, 3.63) is 96.4 Å². The fourth-order valence-electron chi connectivity index (χ4n) is 4.07. The van der Waals surface area contributed by atoms with Gasteiger partial charge in [-0.25, -0.2) is 9.97 Å². The summed E-state index contributed by atoms with van der Waals surface area (Å²) in [5.41, 5.74) is 11.1. The Morgan fingerprint density at radius 3 is 2.44 bits per heavy atom. The minimum atomic E-state index is -0.989. The van der Waals surface area contributed by atoms with Gasteiger partial charge >= 0.3 is 0 Å². The highest BCUT2D eigenvalue weighted by Crippen LogP contribution is 2.33. The second kappa shape index (κ2) is 9.71. The number of nitrogen functional groups attached to an aromatic ring is 1. The lowest BCUT2D eigenvalue weighted by Gasteiger charge is -2.17. The van der Waals surface area contributed by atoms with Crippen LogP contribution >= 0.6 is 0 Å². The van der Waals surface area contributed by atoms with Gasteiger partial charge in [-0.1, -0.05) is 48.5 Å². The van der Waals surface area contributed by atoms with Gasteiger partial charge in [-0.3, -0.25) is 9.97 Å². The molecule has 0 spiro atoms. The lowest BCUT2D eigenvalue weighted by Crippen LogP contribution is -2.18. The Morgan fingerprint density at radius 1 is 0.833 bits per heavy atom. The molecule has 7 nitrogen and oxygen atoms in total. The maximum atomic E-state index is 10.3. The van der Waals surface area contributed by atoms with Crippen LogP contribution in [0, 0.1) is 0 Å². The summed E-state index contributed by atoms with van der Waals surface area (Å²) in [4.78, 5) is 18.7. The molecule has 5 rings (SSSR count). The van der Waals surface area contributed by atoms with E-state index in [-0.39, 0.29) is 0 Å². The largest absolute Gasteiger partial charge is 0.384 e. The lowest BCUT2D eigenvalue weighted by atomic mass is 10.0. The summed E-state index contributed by atoms with van der Waals surface area (Å²) in [6.45, 7) is 4.02. The molecule has 180 valence electrons. The monoisotopic (exact) mass is 476 g/mol. The summed E-state index contributed by atoms with van der Waals surface area (Å²) in [7, 11) is 0. The number of pyridine rings is 2. The van der Waals surface area contributed by atoms with E-state index in [9.17, 15) is 5.11 Å². The Labute approximate surface area is 210 Å². The van der Waals surface area contributed by atoms with E-state index in [1.54, 1.807) is 20.0 Å². The smallest absolute Gasteiger partial charge is 0.169 e. The zero-order chi connectivity index (χ0) is 25.1. The molecule has 0 aliphatic heterocycles. The van der Waals surface area contributed by atoms with E-state index >= 15 is 0 Å². The van der Waals surface area contributed by atoms with Crippen molar-refractivity contribution in [2.45, 2.75) is 25.9 Å². The zero-order valence-electron chi connectivity index (χ0n) is 20.3. The third-order valence-electron chi connectivity index (χ3n) is 5.95. The quantitative estimate of drug-likeness (QED) is 0.295. The number of hydrogen-bond donors (Lipinski definition) is 3. The molecule has 0 aliphatic carbocycles. The van der Waals surface area contributed by atoms with E-state index in [4.69, 9.17) is 15.7 Å². The first-order valence-electron chi connectivity index (χ1n) is 11.9. The van der Waals surface area contributed by atoms with Crippen molar-refractivity contribution in [1.82, 2.24) is 19.9 Å². The van der Waals surface area contributed by atoms with Crippen molar-refractivity contribution >= 4 is 22.5 Å². The molecule has 4 N–H and O–H groups in total. The van der Waals surface area contributed by atoms with Gasteiger partial charge in [0.2, 0.25) is 0 Å². The topological polar surface area (TPSA) is 110 Å². The molecule has 7 heteroatoms. The molecule has 3 heterocycles. The number of benzene rings is 2. The van der Waals surface area contributed by atoms with Gasteiger partial charge in [-0.05, 0) is 44.2 Å². The van der Waals surface area contributed by atoms with Crippen LogP contribution < -0.4 is 11.1 Å². The maximum absolute atomic E-state index is 10.3. The average molecular weight is 477 g/mol. The van der Waals surface area contributed by atoms with E-state index in [0.29, 0.717) is 30.3 Å². The van der Waals surface area contributed by atoms with Crippen LogP contribution in [0.2, 0.25) is 0 Å². The number of nitrogens with one attached hydrogen (secondary N) is 1. The van der Waals surface area contributed by atoms with Crippen LogP contribution in [0.25, 0.3) is 33.4 Å². The number of nitrogens with two attached hydrogens (primary N) is 1. The number of aromatic nitrogens is 4. The van der Waals surface area contributed by atoms with Crippen LogP contribution in [-0.2, 0) is 12.0 Å². The molecule has 0 saturated heterocycles. The van der Waals surface area contributed by atoms with Crippen LogP contribution in [0.1, 0.15) is 25.2 Å². The molecule has 2 aromatic carbocycles. The Bertz CT molecular complexity index is 1510. The number of fused-ring (bicyclic) bond motifs is 1. The van der Waals surface area contributed by atoms with Crippen molar-refractivity contribution in [2.24, 2.45) is 0 Å². The molecule has 3 aromatic heterocycles.